The predicted molar refractivity (Wildman–Crippen MR) is 104 cm³/mol. The fraction of sp³-hybridized carbons (Fsp3) is 0.412. The zero-order valence-corrected chi connectivity index (χ0v) is 17.2. The maximum atomic E-state index is 12.5. The van der Waals surface area contributed by atoms with Crippen molar-refractivity contribution >= 4 is 33.2 Å². The Hall–Kier alpha value is -1.74. The van der Waals surface area contributed by atoms with Crippen LogP contribution in [-0.4, -0.2) is 31.1 Å². The number of hydrogen-bond acceptors (Lipinski definition) is 4. The number of ether oxygens (including phenoxy) is 1. The highest BCUT2D eigenvalue weighted by Gasteiger charge is 2.11. The van der Waals surface area contributed by atoms with Gasteiger partial charge >= 0.3 is 6.61 Å². The first kappa shape index (κ1) is 20.6. The second-order valence-electron chi connectivity index (χ2n) is 5.48. The molecule has 0 spiro atoms. The molecule has 0 bridgehead atoms. The minimum Gasteiger partial charge on any atom is -0.434 e. The van der Waals surface area contributed by atoms with Crippen molar-refractivity contribution < 1.29 is 13.5 Å². The second kappa shape index (κ2) is 9.82. The Balaban J connectivity index is 1.89. The molecule has 0 saturated heterocycles. The van der Waals surface area contributed by atoms with Crippen LogP contribution in [0.3, 0.4) is 0 Å². The third kappa shape index (κ3) is 6.21. The van der Waals surface area contributed by atoms with Gasteiger partial charge in [0, 0.05) is 41.5 Å². The number of rotatable bonds is 7. The minimum absolute atomic E-state index is 0.139. The number of benzene rings is 1. The summed E-state index contributed by atoms with van der Waals surface area (Å²) in [5.41, 5.74) is 1.67. The maximum Gasteiger partial charge on any atom is 0.387 e. The lowest BCUT2D eigenvalue weighted by Gasteiger charge is -2.14. The molecule has 2 aromatic rings. The van der Waals surface area contributed by atoms with Crippen molar-refractivity contribution in [3.63, 3.8) is 0 Å². The summed E-state index contributed by atoms with van der Waals surface area (Å²) in [7, 11) is 1.66. The zero-order chi connectivity index (χ0) is 19.1. The summed E-state index contributed by atoms with van der Waals surface area (Å²) >= 11 is 5.03. The minimum atomic E-state index is -2.86. The molecule has 1 heterocycles. The number of hydrogen-bond donors (Lipinski definition) is 2. The molecule has 0 atom stereocenters. The topological polar surface area (TPSA) is 58.5 Å². The Kier molecular flexibility index (Phi) is 7.77. The van der Waals surface area contributed by atoms with Gasteiger partial charge in [0.25, 0.3) is 0 Å². The molecule has 2 N–H and O–H groups in total. The van der Waals surface area contributed by atoms with Gasteiger partial charge in [-0.15, -0.1) is 11.3 Å². The summed E-state index contributed by atoms with van der Waals surface area (Å²) in [6, 6.07) is 4.90. The standard InChI is InChI=1S/C17H21BrF2N4OS/c1-10-11(2)26-15(24-10)6-7-22-17(21-3)23-9-12-8-13(18)4-5-14(12)25-16(19)20/h4-5,8,16H,6-7,9H2,1-3H3,(H2,21,22,23). The van der Waals surface area contributed by atoms with E-state index >= 15 is 0 Å². The molecule has 1 aromatic heterocycles. The van der Waals surface area contributed by atoms with Gasteiger partial charge in [0.05, 0.1) is 10.7 Å². The van der Waals surface area contributed by atoms with Gasteiger partial charge in [0.1, 0.15) is 5.75 Å². The molecule has 0 aliphatic rings. The predicted octanol–water partition coefficient (Wildman–Crippen LogP) is 4.03. The quantitative estimate of drug-likeness (QED) is 0.497. The normalized spacial score (nSPS) is 11.7. The van der Waals surface area contributed by atoms with Crippen molar-refractivity contribution in [1.82, 2.24) is 15.6 Å². The summed E-state index contributed by atoms with van der Waals surface area (Å²) in [4.78, 5) is 9.87. The van der Waals surface area contributed by atoms with E-state index in [-0.39, 0.29) is 5.75 Å². The van der Waals surface area contributed by atoms with Crippen molar-refractivity contribution in [2.45, 2.75) is 33.4 Å². The summed E-state index contributed by atoms with van der Waals surface area (Å²) < 4.78 is 30.4. The van der Waals surface area contributed by atoms with Crippen LogP contribution in [0.4, 0.5) is 8.78 Å². The molecule has 26 heavy (non-hydrogen) atoms. The Morgan fingerprint density at radius 3 is 2.73 bits per heavy atom. The number of thiazole rings is 1. The van der Waals surface area contributed by atoms with E-state index in [1.165, 1.54) is 10.9 Å². The number of guanidine groups is 1. The highest BCUT2D eigenvalue weighted by molar-refractivity contribution is 9.10. The first-order chi connectivity index (χ1) is 12.4. The SMILES string of the molecule is CN=C(NCCc1nc(C)c(C)s1)NCc1cc(Br)ccc1OC(F)F. The van der Waals surface area contributed by atoms with E-state index in [0.717, 1.165) is 21.6 Å². The van der Waals surface area contributed by atoms with E-state index in [2.05, 4.69) is 48.2 Å². The van der Waals surface area contributed by atoms with E-state index < -0.39 is 6.61 Å². The van der Waals surface area contributed by atoms with Gasteiger partial charge in [-0.3, -0.25) is 4.99 Å². The molecule has 0 saturated carbocycles. The fourth-order valence-electron chi connectivity index (χ4n) is 2.23. The number of nitrogens with one attached hydrogen (secondary N) is 2. The van der Waals surface area contributed by atoms with E-state index in [0.29, 0.717) is 24.6 Å². The van der Waals surface area contributed by atoms with Crippen LogP contribution in [0.25, 0.3) is 0 Å². The zero-order valence-electron chi connectivity index (χ0n) is 14.8. The third-order valence-electron chi connectivity index (χ3n) is 3.61. The van der Waals surface area contributed by atoms with Crippen LogP contribution in [0.2, 0.25) is 0 Å². The molecule has 1 aromatic carbocycles. The molecular formula is C17H21BrF2N4OS. The summed E-state index contributed by atoms with van der Waals surface area (Å²) in [6.07, 6.45) is 0.788. The molecule has 0 aliphatic heterocycles. The van der Waals surface area contributed by atoms with Gasteiger partial charge in [-0.25, -0.2) is 4.98 Å². The van der Waals surface area contributed by atoms with Crippen LogP contribution >= 0.6 is 27.3 Å². The molecule has 0 radical (unpaired) electrons. The molecular weight excluding hydrogens is 426 g/mol. The summed E-state index contributed by atoms with van der Waals surface area (Å²) in [5, 5.41) is 7.37. The smallest absolute Gasteiger partial charge is 0.387 e. The van der Waals surface area contributed by atoms with Crippen LogP contribution in [-0.2, 0) is 13.0 Å². The number of alkyl halides is 2. The van der Waals surface area contributed by atoms with E-state index in [1.807, 2.05) is 6.92 Å². The number of halogens is 3. The van der Waals surface area contributed by atoms with Crippen LogP contribution in [0, 0.1) is 13.8 Å². The molecule has 0 aliphatic carbocycles. The average molecular weight is 447 g/mol. The number of aryl methyl sites for hydroxylation is 2. The Bertz CT molecular complexity index is 748. The van der Waals surface area contributed by atoms with Crippen molar-refractivity contribution in [3.05, 3.63) is 43.8 Å². The van der Waals surface area contributed by atoms with E-state index in [9.17, 15) is 8.78 Å². The molecule has 2 rings (SSSR count). The highest BCUT2D eigenvalue weighted by atomic mass is 79.9. The lowest BCUT2D eigenvalue weighted by Crippen LogP contribution is -2.38. The third-order valence-corrected chi connectivity index (χ3v) is 5.24. The maximum absolute atomic E-state index is 12.5. The lowest BCUT2D eigenvalue weighted by molar-refractivity contribution is -0.0504. The molecule has 5 nitrogen and oxygen atoms in total. The van der Waals surface area contributed by atoms with Crippen LogP contribution < -0.4 is 15.4 Å². The first-order valence-electron chi connectivity index (χ1n) is 7.99. The van der Waals surface area contributed by atoms with Crippen LogP contribution in [0.15, 0.2) is 27.7 Å². The number of aromatic nitrogens is 1. The van der Waals surface area contributed by atoms with Gasteiger partial charge in [0.15, 0.2) is 5.96 Å². The molecule has 0 fully saturated rings. The van der Waals surface area contributed by atoms with E-state index in [1.54, 1.807) is 30.5 Å². The number of nitrogens with zero attached hydrogens (tertiary/aromatic N) is 2. The van der Waals surface area contributed by atoms with Gasteiger partial charge in [-0.2, -0.15) is 8.78 Å². The van der Waals surface area contributed by atoms with Crippen molar-refractivity contribution in [2.24, 2.45) is 4.99 Å². The highest BCUT2D eigenvalue weighted by Crippen LogP contribution is 2.24. The van der Waals surface area contributed by atoms with Gasteiger partial charge < -0.3 is 15.4 Å². The molecule has 9 heteroatoms. The Morgan fingerprint density at radius 2 is 2.12 bits per heavy atom. The summed E-state index contributed by atoms with van der Waals surface area (Å²) in [6.45, 7) is 2.17. The number of aliphatic imine (C=N–C) groups is 1. The largest absolute Gasteiger partial charge is 0.434 e. The summed E-state index contributed by atoms with van der Waals surface area (Å²) in [5.74, 6) is 0.720. The molecule has 0 amide bonds. The van der Waals surface area contributed by atoms with Crippen LogP contribution in [0.5, 0.6) is 5.75 Å². The molecule has 142 valence electrons. The van der Waals surface area contributed by atoms with E-state index in [4.69, 9.17) is 0 Å². The van der Waals surface area contributed by atoms with Crippen molar-refractivity contribution in [3.8, 4) is 5.75 Å². The first-order valence-corrected chi connectivity index (χ1v) is 9.60. The van der Waals surface area contributed by atoms with Gasteiger partial charge in [-0.1, -0.05) is 15.9 Å². The lowest BCUT2D eigenvalue weighted by atomic mass is 10.2. The second-order valence-corrected chi connectivity index (χ2v) is 7.69. The Labute approximate surface area is 164 Å². The van der Waals surface area contributed by atoms with Crippen molar-refractivity contribution in [1.29, 1.82) is 0 Å². The fourth-order valence-corrected chi connectivity index (χ4v) is 3.57. The average Bonchev–Trinajstić information content (AvgIpc) is 2.90. The van der Waals surface area contributed by atoms with Crippen molar-refractivity contribution in [2.75, 3.05) is 13.6 Å². The van der Waals surface area contributed by atoms with Gasteiger partial charge in [-0.05, 0) is 32.0 Å². The monoisotopic (exact) mass is 446 g/mol. The Morgan fingerprint density at radius 1 is 1.35 bits per heavy atom. The van der Waals surface area contributed by atoms with Gasteiger partial charge in [0.2, 0.25) is 0 Å². The molecule has 0 unspecified atom stereocenters. The van der Waals surface area contributed by atoms with Crippen LogP contribution in [0.1, 0.15) is 21.1 Å².